The molecule has 2 fully saturated rings. The molecule has 0 radical (unpaired) electrons. The monoisotopic (exact) mass is 336 g/mol. The first kappa shape index (κ1) is 16.6. The van der Waals surface area contributed by atoms with Gasteiger partial charge in [0.2, 0.25) is 5.91 Å². The molecule has 1 aromatic rings. The molecule has 1 unspecified atom stereocenters. The van der Waals surface area contributed by atoms with Crippen LogP contribution in [0.3, 0.4) is 0 Å². The molecule has 6 heteroatoms. The Morgan fingerprint density at radius 2 is 2.13 bits per heavy atom. The molecule has 23 heavy (non-hydrogen) atoms. The minimum Gasteiger partial charge on any atom is -0.369 e. The Balaban J connectivity index is 1.37. The molecule has 2 heterocycles. The molecule has 2 aliphatic heterocycles. The summed E-state index contributed by atoms with van der Waals surface area (Å²) in [6, 6.07) is 8.05. The number of rotatable bonds is 5. The molecule has 5 nitrogen and oxygen atoms in total. The zero-order valence-electron chi connectivity index (χ0n) is 13.4. The van der Waals surface area contributed by atoms with Crippen LogP contribution in [0.2, 0.25) is 5.02 Å². The molecule has 126 valence electrons. The number of amides is 1. The van der Waals surface area contributed by atoms with Gasteiger partial charge in [-0.05, 0) is 37.6 Å². The van der Waals surface area contributed by atoms with Crippen molar-refractivity contribution in [2.24, 2.45) is 0 Å². The lowest BCUT2D eigenvalue weighted by Crippen LogP contribution is -2.49. The zero-order valence-corrected chi connectivity index (χ0v) is 14.2. The third-order valence-corrected chi connectivity index (χ3v) is 4.88. The average molecular weight is 337 g/mol. The van der Waals surface area contributed by atoms with Crippen LogP contribution in [0.15, 0.2) is 24.3 Å². The van der Waals surface area contributed by atoms with Gasteiger partial charge < -0.3 is 15.5 Å². The van der Waals surface area contributed by atoms with Crippen molar-refractivity contribution in [3.8, 4) is 0 Å². The van der Waals surface area contributed by atoms with Gasteiger partial charge in [-0.2, -0.15) is 0 Å². The molecule has 1 atom stereocenters. The first-order valence-corrected chi connectivity index (χ1v) is 8.84. The summed E-state index contributed by atoms with van der Waals surface area (Å²) >= 11 is 6.06. The van der Waals surface area contributed by atoms with Crippen LogP contribution in [-0.2, 0) is 4.79 Å². The molecule has 2 saturated heterocycles. The molecule has 0 saturated carbocycles. The van der Waals surface area contributed by atoms with Crippen LogP contribution in [0.4, 0.5) is 5.69 Å². The lowest BCUT2D eigenvalue weighted by molar-refractivity contribution is -0.122. The topological polar surface area (TPSA) is 47.6 Å². The van der Waals surface area contributed by atoms with E-state index < -0.39 is 0 Å². The van der Waals surface area contributed by atoms with Crippen LogP contribution in [0.5, 0.6) is 0 Å². The van der Waals surface area contributed by atoms with E-state index in [9.17, 15) is 4.79 Å². The van der Waals surface area contributed by atoms with E-state index in [4.69, 9.17) is 11.6 Å². The van der Waals surface area contributed by atoms with E-state index in [1.54, 1.807) is 0 Å². The summed E-state index contributed by atoms with van der Waals surface area (Å²) in [6.07, 6.45) is 2.06. The van der Waals surface area contributed by atoms with E-state index in [0.717, 1.165) is 63.7 Å². The maximum Gasteiger partial charge on any atom is 0.237 e. The molecular weight excluding hydrogens is 312 g/mol. The summed E-state index contributed by atoms with van der Waals surface area (Å²) in [4.78, 5) is 16.7. The summed E-state index contributed by atoms with van der Waals surface area (Å²) in [6.45, 7) is 6.64. The second kappa shape index (κ2) is 7.99. The van der Waals surface area contributed by atoms with Crippen molar-refractivity contribution in [3.63, 3.8) is 0 Å². The van der Waals surface area contributed by atoms with E-state index in [2.05, 4.69) is 26.5 Å². The molecule has 0 aromatic heterocycles. The minimum atomic E-state index is 0.0228. The third kappa shape index (κ3) is 4.59. The number of carbonyl (C=O) groups is 1. The van der Waals surface area contributed by atoms with Gasteiger partial charge >= 0.3 is 0 Å². The number of hydrogen-bond donors (Lipinski definition) is 2. The van der Waals surface area contributed by atoms with Crippen molar-refractivity contribution in [1.82, 2.24) is 15.5 Å². The molecule has 0 aliphatic carbocycles. The van der Waals surface area contributed by atoms with Crippen LogP contribution in [0.1, 0.15) is 12.8 Å². The molecule has 0 bridgehead atoms. The first-order chi connectivity index (χ1) is 11.2. The van der Waals surface area contributed by atoms with E-state index in [1.165, 1.54) is 5.69 Å². The van der Waals surface area contributed by atoms with Gasteiger partial charge in [-0.25, -0.2) is 0 Å². The van der Waals surface area contributed by atoms with Crippen LogP contribution in [-0.4, -0.2) is 62.7 Å². The fourth-order valence-electron chi connectivity index (χ4n) is 3.27. The highest BCUT2D eigenvalue weighted by Crippen LogP contribution is 2.20. The van der Waals surface area contributed by atoms with Crippen molar-refractivity contribution in [3.05, 3.63) is 29.3 Å². The minimum absolute atomic E-state index is 0.0228. The SMILES string of the molecule is O=C(NCCN1CCN(c2cccc(Cl)c2)CC1)C1CCCN1. The number of carbonyl (C=O) groups excluding carboxylic acids is 1. The number of hydrogen-bond acceptors (Lipinski definition) is 4. The summed E-state index contributed by atoms with van der Waals surface area (Å²) in [5, 5.41) is 7.06. The van der Waals surface area contributed by atoms with Crippen LogP contribution in [0, 0.1) is 0 Å². The van der Waals surface area contributed by atoms with Crippen molar-refractivity contribution in [1.29, 1.82) is 0 Å². The first-order valence-electron chi connectivity index (χ1n) is 8.46. The number of piperazine rings is 1. The predicted molar refractivity (Wildman–Crippen MR) is 94.1 cm³/mol. The molecule has 1 aromatic carbocycles. The predicted octanol–water partition coefficient (Wildman–Crippen LogP) is 1.33. The van der Waals surface area contributed by atoms with Gasteiger partial charge in [0.15, 0.2) is 0 Å². The second-order valence-corrected chi connectivity index (χ2v) is 6.68. The number of benzene rings is 1. The lowest BCUT2D eigenvalue weighted by atomic mass is 10.2. The van der Waals surface area contributed by atoms with E-state index in [0.29, 0.717) is 0 Å². The van der Waals surface area contributed by atoms with E-state index >= 15 is 0 Å². The summed E-state index contributed by atoms with van der Waals surface area (Å²) in [5.41, 5.74) is 1.19. The van der Waals surface area contributed by atoms with Crippen LogP contribution >= 0.6 is 11.6 Å². The Morgan fingerprint density at radius 3 is 2.83 bits per heavy atom. The average Bonchev–Trinajstić information content (AvgIpc) is 3.10. The Bertz CT molecular complexity index is 525. The normalized spacial score (nSPS) is 22.3. The van der Waals surface area contributed by atoms with Crippen molar-refractivity contribution >= 4 is 23.2 Å². The molecule has 0 spiro atoms. The van der Waals surface area contributed by atoms with Crippen LogP contribution < -0.4 is 15.5 Å². The summed E-state index contributed by atoms with van der Waals surface area (Å²) in [7, 11) is 0. The van der Waals surface area contributed by atoms with E-state index in [-0.39, 0.29) is 11.9 Å². The fourth-order valence-corrected chi connectivity index (χ4v) is 3.46. The van der Waals surface area contributed by atoms with Gasteiger partial charge in [0.1, 0.15) is 0 Å². The quantitative estimate of drug-likeness (QED) is 0.851. The Kier molecular flexibility index (Phi) is 5.75. The smallest absolute Gasteiger partial charge is 0.237 e. The van der Waals surface area contributed by atoms with Crippen molar-refractivity contribution in [2.75, 3.05) is 50.7 Å². The Labute approximate surface area is 143 Å². The number of nitrogens with one attached hydrogen (secondary N) is 2. The Hall–Kier alpha value is -1.30. The Morgan fingerprint density at radius 1 is 1.30 bits per heavy atom. The lowest BCUT2D eigenvalue weighted by Gasteiger charge is -2.36. The third-order valence-electron chi connectivity index (χ3n) is 4.65. The fraction of sp³-hybridized carbons (Fsp3) is 0.588. The largest absolute Gasteiger partial charge is 0.369 e. The van der Waals surface area contributed by atoms with Crippen molar-refractivity contribution in [2.45, 2.75) is 18.9 Å². The number of halogens is 1. The number of anilines is 1. The zero-order chi connectivity index (χ0) is 16.1. The molecule has 3 rings (SSSR count). The standard InChI is InChI=1S/C17H25ClN4O/c18-14-3-1-4-15(13-14)22-11-9-21(10-12-22)8-7-20-17(23)16-5-2-6-19-16/h1,3-4,13,16,19H,2,5-12H2,(H,20,23). The van der Waals surface area contributed by atoms with Gasteiger partial charge in [-0.3, -0.25) is 9.69 Å². The van der Waals surface area contributed by atoms with Crippen LogP contribution in [0.25, 0.3) is 0 Å². The second-order valence-electron chi connectivity index (χ2n) is 6.25. The highest BCUT2D eigenvalue weighted by molar-refractivity contribution is 6.30. The highest BCUT2D eigenvalue weighted by Gasteiger charge is 2.22. The molecular formula is C17H25ClN4O. The highest BCUT2D eigenvalue weighted by atomic mass is 35.5. The molecule has 2 N–H and O–H groups in total. The van der Waals surface area contributed by atoms with Gasteiger partial charge in [-0.1, -0.05) is 17.7 Å². The molecule has 1 amide bonds. The van der Waals surface area contributed by atoms with Gasteiger partial charge in [0.05, 0.1) is 6.04 Å². The van der Waals surface area contributed by atoms with Gasteiger partial charge in [0, 0.05) is 50.0 Å². The van der Waals surface area contributed by atoms with Gasteiger partial charge in [0.25, 0.3) is 0 Å². The maximum atomic E-state index is 11.9. The maximum absolute atomic E-state index is 11.9. The number of nitrogens with zero attached hydrogens (tertiary/aromatic N) is 2. The van der Waals surface area contributed by atoms with Crippen molar-refractivity contribution < 1.29 is 4.79 Å². The van der Waals surface area contributed by atoms with Gasteiger partial charge in [-0.15, -0.1) is 0 Å². The molecule has 2 aliphatic rings. The van der Waals surface area contributed by atoms with E-state index in [1.807, 2.05) is 18.2 Å². The summed E-state index contributed by atoms with van der Waals surface area (Å²) < 4.78 is 0. The summed E-state index contributed by atoms with van der Waals surface area (Å²) in [5.74, 6) is 0.153.